The van der Waals surface area contributed by atoms with Crippen molar-refractivity contribution in [3.05, 3.63) is 53.3 Å². The summed E-state index contributed by atoms with van der Waals surface area (Å²) in [5, 5.41) is 0. The van der Waals surface area contributed by atoms with Crippen LogP contribution in [0, 0.1) is 6.92 Å². The normalized spacial score (nSPS) is 10.7. The fourth-order valence-electron chi connectivity index (χ4n) is 2.32. The number of benzene rings is 1. The van der Waals surface area contributed by atoms with E-state index in [-0.39, 0.29) is 5.92 Å². The molecule has 0 aliphatic rings. The fourth-order valence-corrected chi connectivity index (χ4v) is 2.32. The second-order valence-electron chi connectivity index (χ2n) is 5.08. The number of methoxy groups -OCH3 is 1. The molecule has 0 amide bonds. The molecule has 1 aromatic heterocycles. The summed E-state index contributed by atoms with van der Waals surface area (Å²) >= 11 is 0. The standard InChI is InChI=1S/C17H19NO2/c1-11(2)16-12(3)14(13-8-6-5-7-9-13)10-15(18-16)17(19)20-4/h5-11H,1-4H3. The smallest absolute Gasteiger partial charge is 0.356 e. The van der Waals surface area contributed by atoms with Gasteiger partial charge in [-0.05, 0) is 35.6 Å². The van der Waals surface area contributed by atoms with Crippen molar-refractivity contribution >= 4 is 5.97 Å². The first-order chi connectivity index (χ1) is 9.54. The lowest BCUT2D eigenvalue weighted by atomic mass is 9.95. The summed E-state index contributed by atoms with van der Waals surface area (Å²) in [4.78, 5) is 16.3. The van der Waals surface area contributed by atoms with Gasteiger partial charge in [0.25, 0.3) is 0 Å². The molecule has 0 aliphatic heterocycles. The molecule has 0 fully saturated rings. The first kappa shape index (κ1) is 14.3. The molecule has 0 spiro atoms. The van der Waals surface area contributed by atoms with Crippen molar-refractivity contribution in [2.45, 2.75) is 26.7 Å². The minimum Gasteiger partial charge on any atom is -0.464 e. The van der Waals surface area contributed by atoms with Crippen molar-refractivity contribution in [1.29, 1.82) is 0 Å². The average Bonchev–Trinajstić information content (AvgIpc) is 2.47. The highest BCUT2D eigenvalue weighted by Crippen LogP contribution is 2.29. The molecule has 2 rings (SSSR count). The molecule has 0 saturated carbocycles. The van der Waals surface area contributed by atoms with E-state index >= 15 is 0 Å². The van der Waals surface area contributed by atoms with Crippen LogP contribution in [0.4, 0.5) is 0 Å². The summed E-state index contributed by atoms with van der Waals surface area (Å²) in [5.74, 6) is -0.147. The van der Waals surface area contributed by atoms with Gasteiger partial charge in [-0.2, -0.15) is 0 Å². The number of pyridine rings is 1. The quantitative estimate of drug-likeness (QED) is 0.791. The number of ether oxygens (including phenoxy) is 1. The van der Waals surface area contributed by atoms with Crippen LogP contribution in [0.15, 0.2) is 36.4 Å². The number of carbonyl (C=O) groups is 1. The van der Waals surface area contributed by atoms with E-state index in [2.05, 4.69) is 18.8 Å². The molecule has 20 heavy (non-hydrogen) atoms. The Morgan fingerprint density at radius 1 is 1.20 bits per heavy atom. The Hall–Kier alpha value is -2.16. The molecule has 3 heteroatoms. The Kier molecular flexibility index (Phi) is 4.18. The Balaban J connectivity index is 2.67. The number of rotatable bonds is 3. The van der Waals surface area contributed by atoms with E-state index in [9.17, 15) is 4.79 Å². The van der Waals surface area contributed by atoms with Gasteiger partial charge < -0.3 is 4.74 Å². The zero-order chi connectivity index (χ0) is 14.7. The van der Waals surface area contributed by atoms with Crippen LogP contribution >= 0.6 is 0 Å². The third-order valence-corrected chi connectivity index (χ3v) is 3.34. The summed E-state index contributed by atoms with van der Waals surface area (Å²) in [5.41, 5.74) is 4.52. The van der Waals surface area contributed by atoms with Gasteiger partial charge in [-0.1, -0.05) is 44.2 Å². The lowest BCUT2D eigenvalue weighted by molar-refractivity contribution is 0.0593. The minimum absolute atomic E-state index is 0.252. The van der Waals surface area contributed by atoms with E-state index in [0.717, 1.165) is 22.4 Å². The first-order valence-corrected chi connectivity index (χ1v) is 6.70. The van der Waals surface area contributed by atoms with Crippen LogP contribution in [-0.4, -0.2) is 18.1 Å². The van der Waals surface area contributed by atoms with Gasteiger partial charge in [0.2, 0.25) is 0 Å². The maximum Gasteiger partial charge on any atom is 0.356 e. The molecule has 0 aliphatic carbocycles. The van der Waals surface area contributed by atoms with E-state index < -0.39 is 5.97 Å². The van der Waals surface area contributed by atoms with Gasteiger partial charge in [-0.3, -0.25) is 0 Å². The molecule has 2 aromatic rings. The topological polar surface area (TPSA) is 39.2 Å². The maximum absolute atomic E-state index is 11.8. The van der Waals surface area contributed by atoms with E-state index in [0.29, 0.717) is 5.69 Å². The van der Waals surface area contributed by atoms with Gasteiger partial charge >= 0.3 is 5.97 Å². The highest BCUT2D eigenvalue weighted by Gasteiger charge is 2.17. The Morgan fingerprint density at radius 2 is 1.85 bits per heavy atom. The van der Waals surface area contributed by atoms with Gasteiger partial charge in [0.15, 0.2) is 0 Å². The molecule has 0 saturated heterocycles. The van der Waals surface area contributed by atoms with Crippen molar-refractivity contribution in [2.75, 3.05) is 7.11 Å². The largest absolute Gasteiger partial charge is 0.464 e. The predicted molar refractivity (Wildman–Crippen MR) is 79.8 cm³/mol. The van der Waals surface area contributed by atoms with Gasteiger partial charge in [0, 0.05) is 5.69 Å². The Labute approximate surface area is 119 Å². The highest BCUT2D eigenvalue weighted by atomic mass is 16.5. The number of hydrogen-bond donors (Lipinski definition) is 0. The van der Waals surface area contributed by atoms with Gasteiger partial charge in [0.1, 0.15) is 5.69 Å². The molecule has 1 aromatic carbocycles. The molecular formula is C17H19NO2. The Morgan fingerprint density at radius 3 is 2.40 bits per heavy atom. The number of nitrogens with zero attached hydrogens (tertiary/aromatic N) is 1. The fraction of sp³-hybridized carbons (Fsp3) is 0.294. The molecule has 3 nitrogen and oxygen atoms in total. The summed E-state index contributed by atoms with van der Waals surface area (Å²) in [6.07, 6.45) is 0. The second kappa shape index (κ2) is 5.87. The van der Waals surface area contributed by atoms with Gasteiger partial charge in [-0.25, -0.2) is 9.78 Å². The summed E-state index contributed by atoms with van der Waals surface area (Å²) in [6, 6.07) is 11.8. The van der Waals surface area contributed by atoms with Crippen molar-refractivity contribution in [3.8, 4) is 11.1 Å². The van der Waals surface area contributed by atoms with E-state index in [1.165, 1.54) is 7.11 Å². The summed E-state index contributed by atoms with van der Waals surface area (Å²) in [7, 11) is 1.38. The molecule has 0 N–H and O–H groups in total. The van der Waals surface area contributed by atoms with Crippen molar-refractivity contribution in [1.82, 2.24) is 4.98 Å². The van der Waals surface area contributed by atoms with Gasteiger partial charge in [0.05, 0.1) is 7.11 Å². The SMILES string of the molecule is COC(=O)c1cc(-c2ccccc2)c(C)c(C(C)C)n1. The molecule has 104 valence electrons. The van der Waals surface area contributed by atoms with Crippen LogP contribution in [0.3, 0.4) is 0 Å². The molecule has 0 radical (unpaired) electrons. The zero-order valence-corrected chi connectivity index (χ0v) is 12.3. The first-order valence-electron chi connectivity index (χ1n) is 6.70. The molecule has 1 heterocycles. The number of hydrogen-bond acceptors (Lipinski definition) is 3. The van der Waals surface area contributed by atoms with Crippen LogP contribution in [-0.2, 0) is 4.74 Å². The zero-order valence-electron chi connectivity index (χ0n) is 12.3. The molecule has 0 bridgehead atoms. The maximum atomic E-state index is 11.8. The Bertz CT molecular complexity index is 618. The molecule has 0 atom stereocenters. The van der Waals surface area contributed by atoms with E-state index in [4.69, 9.17) is 4.74 Å². The van der Waals surface area contributed by atoms with Crippen molar-refractivity contribution in [3.63, 3.8) is 0 Å². The molecule has 0 unspecified atom stereocenters. The lowest BCUT2D eigenvalue weighted by Gasteiger charge is -2.15. The van der Waals surface area contributed by atoms with Gasteiger partial charge in [-0.15, -0.1) is 0 Å². The number of esters is 1. The third kappa shape index (κ3) is 2.72. The van der Waals surface area contributed by atoms with Crippen molar-refractivity contribution in [2.24, 2.45) is 0 Å². The van der Waals surface area contributed by atoms with Crippen LogP contribution < -0.4 is 0 Å². The van der Waals surface area contributed by atoms with Crippen LogP contribution in [0.2, 0.25) is 0 Å². The lowest BCUT2D eigenvalue weighted by Crippen LogP contribution is -2.09. The van der Waals surface area contributed by atoms with Crippen LogP contribution in [0.25, 0.3) is 11.1 Å². The number of aromatic nitrogens is 1. The third-order valence-electron chi connectivity index (χ3n) is 3.34. The predicted octanol–water partition coefficient (Wildman–Crippen LogP) is 3.97. The van der Waals surface area contributed by atoms with E-state index in [1.54, 1.807) is 0 Å². The average molecular weight is 269 g/mol. The summed E-state index contributed by atoms with van der Waals surface area (Å²) < 4.78 is 4.80. The highest BCUT2D eigenvalue weighted by molar-refractivity contribution is 5.89. The van der Waals surface area contributed by atoms with Crippen LogP contribution in [0.5, 0.6) is 0 Å². The minimum atomic E-state index is -0.399. The second-order valence-corrected chi connectivity index (χ2v) is 5.08. The molecular weight excluding hydrogens is 250 g/mol. The number of carbonyl (C=O) groups excluding carboxylic acids is 1. The van der Waals surface area contributed by atoms with Crippen LogP contribution in [0.1, 0.15) is 41.5 Å². The van der Waals surface area contributed by atoms with E-state index in [1.807, 2.05) is 43.3 Å². The summed E-state index contributed by atoms with van der Waals surface area (Å²) in [6.45, 7) is 6.20. The van der Waals surface area contributed by atoms with Crippen molar-refractivity contribution < 1.29 is 9.53 Å². The monoisotopic (exact) mass is 269 g/mol.